The quantitative estimate of drug-likeness (QED) is 0.434. The van der Waals surface area contributed by atoms with Gasteiger partial charge in [0.05, 0.1) is 0 Å². The lowest BCUT2D eigenvalue weighted by Gasteiger charge is -2.13. The van der Waals surface area contributed by atoms with Crippen LogP contribution in [0.5, 0.6) is 0 Å². The summed E-state index contributed by atoms with van der Waals surface area (Å²) in [5.74, 6) is -0.425. The third-order valence-electron chi connectivity index (χ3n) is 4.94. The number of amides is 1. The molecule has 3 aromatic rings. The summed E-state index contributed by atoms with van der Waals surface area (Å²) in [6.07, 6.45) is 1.63. The maximum atomic E-state index is 12.6. The molecule has 0 aliphatic heterocycles. The molecule has 0 radical (unpaired) electrons. The van der Waals surface area contributed by atoms with Crippen LogP contribution < -0.4 is 5.32 Å². The highest BCUT2D eigenvalue weighted by Crippen LogP contribution is 2.27. The van der Waals surface area contributed by atoms with E-state index in [9.17, 15) is 10.1 Å². The molecule has 5 heteroatoms. The first-order valence-electron chi connectivity index (χ1n) is 9.26. The molecule has 0 fully saturated rings. The van der Waals surface area contributed by atoms with Gasteiger partial charge in [-0.2, -0.15) is 5.26 Å². The molecular formula is C24H22ClN3O. The number of nitrogens with one attached hydrogen (secondary N) is 1. The largest absolute Gasteiger partial charge is 0.321 e. The molecule has 0 spiro atoms. The highest BCUT2D eigenvalue weighted by molar-refractivity contribution is 6.30. The number of hydrogen-bond acceptors (Lipinski definition) is 2. The molecule has 1 aromatic heterocycles. The summed E-state index contributed by atoms with van der Waals surface area (Å²) in [6.45, 7) is 7.89. The van der Waals surface area contributed by atoms with Crippen molar-refractivity contribution in [3.05, 3.63) is 87.2 Å². The molecular weight excluding hydrogens is 382 g/mol. The van der Waals surface area contributed by atoms with Crippen molar-refractivity contribution < 1.29 is 4.79 Å². The van der Waals surface area contributed by atoms with Crippen molar-refractivity contribution in [2.24, 2.45) is 0 Å². The molecule has 0 saturated heterocycles. The molecule has 1 heterocycles. The summed E-state index contributed by atoms with van der Waals surface area (Å²) < 4.78 is 2.08. The second-order valence-corrected chi connectivity index (χ2v) is 7.47. The molecule has 0 unspecified atom stereocenters. The van der Waals surface area contributed by atoms with E-state index in [1.165, 1.54) is 0 Å². The van der Waals surface area contributed by atoms with Crippen LogP contribution in [0.3, 0.4) is 0 Å². The highest BCUT2D eigenvalue weighted by Gasteiger charge is 2.15. The van der Waals surface area contributed by atoms with E-state index in [2.05, 4.69) is 9.88 Å². The molecule has 2 aromatic carbocycles. The van der Waals surface area contributed by atoms with Gasteiger partial charge in [-0.15, -0.1) is 0 Å². The van der Waals surface area contributed by atoms with E-state index in [1.807, 2.05) is 82.3 Å². The fourth-order valence-corrected chi connectivity index (χ4v) is 3.50. The lowest BCUT2D eigenvalue weighted by molar-refractivity contribution is -0.112. The van der Waals surface area contributed by atoms with Crippen LogP contribution in [0.4, 0.5) is 5.69 Å². The summed E-state index contributed by atoms with van der Waals surface area (Å²) in [4.78, 5) is 12.6. The average molecular weight is 404 g/mol. The van der Waals surface area contributed by atoms with Crippen LogP contribution in [0.2, 0.25) is 5.02 Å². The van der Waals surface area contributed by atoms with Gasteiger partial charge >= 0.3 is 0 Å². The number of carbonyl (C=O) groups is 1. The minimum atomic E-state index is -0.425. The summed E-state index contributed by atoms with van der Waals surface area (Å²) in [6, 6.07) is 17.2. The zero-order chi connectivity index (χ0) is 21.1. The van der Waals surface area contributed by atoms with Crippen molar-refractivity contribution in [3.8, 4) is 11.8 Å². The standard InChI is InChI=1S/C24H22ClN3O/c1-15-7-5-6-8-22(15)27-24(29)20(14-26)12-19-11-17(3)28(18(19)4)23-13-21(25)10-9-16(23)2/h5-13H,1-4H3,(H,27,29)/b20-12-. The Morgan fingerprint density at radius 1 is 1.07 bits per heavy atom. The number of benzene rings is 2. The van der Waals surface area contributed by atoms with Gasteiger partial charge in [-0.05, 0) is 74.7 Å². The summed E-state index contributed by atoms with van der Waals surface area (Å²) in [7, 11) is 0. The topological polar surface area (TPSA) is 57.8 Å². The summed E-state index contributed by atoms with van der Waals surface area (Å²) >= 11 is 6.20. The monoisotopic (exact) mass is 403 g/mol. The smallest absolute Gasteiger partial charge is 0.266 e. The maximum absolute atomic E-state index is 12.6. The molecule has 4 nitrogen and oxygen atoms in total. The number of para-hydroxylation sites is 1. The van der Waals surface area contributed by atoms with Gasteiger partial charge < -0.3 is 9.88 Å². The number of hydrogen-bond donors (Lipinski definition) is 1. The minimum Gasteiger partial charge on any atom is -0.321 e. The Hall–Kier alpha value is -3.29. The molecule has 1 amide bonds. The van der Waals surface area contributed by atoms with Gasteiger partial charge in [0.25, 0.3) is 5.91 Å². The normalized spacial score (nSPS) is 11.2. The van der Waals surface area contributed by atoms with E-state index in [1.54, 1.807) is 6.08 Å². The Morgan fingerprint density at radius 2 is 1.79 bits per heavy atom. The van der Waals surface area contributed by atoms with Gasteiger partial charge in [0, 0.05) is 27.8 Å². The third kappa shape index (κ3) is 4.26. The Balaban J connectivity index is 1.99. The first kappa shape index (κ1) is 20.4. The fraction of sp³-hybridized carbons (Fsp3) is 0.167. The second kappa shape index (κ2) is 8.38. The lowest BCUT2D eigenvalue weighted by atomic mass is 10.1. The van der Waals surface area contributed by atoms with Crippen molar-refractivity contribution in [1.82, 2.24) is 4.57 Å². The van der Waals surface area contributed by atoms with Crippen LogP contribution >= 0.6 is 11.6 Å². The van der Waals surface area contributed by atoms with E-state index in [-0.39, 0.29) is 5.57 Å². The van der Waals surface area contributed by atoms with E-state index in [0.717, 1.165) is 33.8 Å². The average Bonchev–Trinajstić information content (AvgIpc) is 2.96. The third-order valence-corrected chi connectivity index (χ3v) is 5.18. The van der Waals surface area contributed by atoms with E-state index < -0.39 is 5.91 Å². The number of aryl methyl sites for hydroxylation is 3. The number of anilines is 1. The van der Waals surface area contributed by atoms with Crippen LogP contribution in [0.1, 0.15) is 28.1 Å². The Kier molecular flexibility index (Phi) is 5.91. The highest BCUT2D eigenvalue weighted by atomic mass is 35.5. The SMILES string of the molecule is Cc1ccccc1NC(=O)/C(C#N)=C\c1cc(C)n(-c2cc(Cl)ccc2C)c1C. The minimum absolute atomic E-state index is 0.0521. The molecule has 1 N–H and O–H groups in total. The Labute approximate surface area is 176 Å². The van der Waals surface area contributed by atoms with Gasteiger partial charge in [0.1, 0.15) is 11.6 Å². The van der Waals surface area contributed by atoms with Gasteiger partial charge in [0.2, 0.25) is 0 Å². The van der Waals surface area contributed by atoms with Crippen LogP contribution in [0.25, 0.3) is 11.8 Å². The predicted molar refractivity (Wildman–Crippen MR) is 118 cm³/mol. The molecule has 0 aliphatic rings. The van der Waals surface area contributed by atoms with Crippen LogP contribution in [-0.2, 0) is 4.79 Å². The Bertz CT molecular complexity index is 1170. The lowest BCUT2D eigenvalue weighted by Crippen LogP contribution is -2.14. The van der Waals surface area contributed by atoms with E-state index in [0.29, 0.717) is 10.7 Å². The first-order valence-corrected chi connectivity index (χ1v) is 9.64. The zero-order valence-electron chi connectivity index (χ0n) is 16.9. The van der Waals surface area contributed by atoms with Crippen molar-refractivity contribution in [2.45, 2.75) is 27.7 Å². The molecule has 0 aliphatic carbocycles. The number of rotatable bonds is 4. The van der Waals surface area contributed by atoms with Crippen LogP contribution in [0.15, 0.2) is 54.1 Å². The van der Waals surface area contributed by atoms with Gasteiger partial charge in [-0.3, -0.25) is 4.79 Å². The van der Waals surface area contributed by atoms with Crippen molar-refractivity contribution >= 4 is 29.3 Å². The maximum Gasteiger partial charge on any atom is 0.266 e. The molecule has 0 bridgehead atoms. The van der Waals surface area contributed by atoms with Crippen LogP contribution in [-0.4, -0.2) is 10.5 Å². The molecule has 3 rings (SSSR count). The molecule has 0 atom stereocenters. The van der Waals surface area contributed by atoms with Gasteiger partial charge in [0.15, 0.2) is 0 Å². The fourth-order valence-electron chi connectivity index (χ4n) is 3.33. The predicted octanol–water partition coefficient (Wildman–Crippen LogP) is 5.91. The molecule has 29 heavy (non-hydrogen) atoms. The van der Waals surface area contributed by atoms with E-state index >= 15 is 0 Å². The molecule has 0 saturated carbocycles. The summed E-state index contributed by atoms with van der Waals surface area (Å²) in [5.41, 5.74) is 6.50. The number of carbonyl (C=O) groups excluding carboxylic acids is 1. The van der Waals surface area contributed by atoms with Gasteiger partial charge in [-0.25, -0.2) is 0 Å². The second-order valence-electron chi connectivity index (χ2n) is 7.03. The summed E-state index contributed by atoms with van der Waals surface area (Å²) in [5, 5.41) is 13.0. The number of halogens is 1. The van der Waals surface area contributed by atoms with Crippen LogP contribution in [0, 0.1) is 39.0 Å². The molecule has 146 valence electrons. The van der Waals surface area contributed by atoms with E-state index in [4.69, 9.17) is 11.6 Å². The zero-order valence-corrected chi connectivity index (χ0v) is 17.6. The van der Waals surface area contributed by atoms with Crippen molar-refractivity contribution in [2.75, 3.05) is 5.32 Å². The van der Waals surface area contributed by atoms with Crippen molar-refractivity contribution in [1.29, 1.82) is 5.26 Å². The van der Waals surface area contributed by atoms with Gasteiger partial charge in [-0.1, -0.05) is 35.9 Å². The number of nitriles is 1. The first-order chi connectivity index (χ1) is 13.8. The Morgan fingerprint density at radius 3 is 2.48 bits per heavy atom. The number of nitrogens with zero attached hydrogens (tertiary/aromatic N) is 2. The number of aromatic nitrogens is 1. The van der Waals surface area contributed by atoms with Crippen molar-refractivity contribution in [3.63, 3.8) is 0 Å².